The van der Waals surface area contributed by atoms with Crippen molar-refractivity contribution in [1.29, 1.82) is 0 Å². The predicted octanol–water partition coefficient (Wildman–Crippen LogP) is 2.11. The molecule has 26 heavy (non-hydrogen) atoms. The van der Waals surface area contributed by atoms with Crippen molar-refractivity contribution in [3.05, 3.63) is 40.4 Å². The van der Waals surface area contributed by atoms with E-state index in [4.69, 9.17) is 0 Å². The number of urea groups is 1. The molecule has 1 aliphatic carbocycles. The molecular formula is C19H24N4O3. The molecule has 1 heterocycles. The zero-order valence-electron chi connectivity index (χ0n) is 15.1. The van der Waals surface area contributed by atoms with Crippen LogP contribution in [0.5, 0.6) is 0 Å². The van der Waals surface area contributed by atoms with E-state index in [1.807, 2.05) is 6.07 Å². The van der Waals surface area contributed by atoms with Gasteiger partial charge >= 0.3 is 6.03 Å². The highest BCUT2D eigenvalue weighted by atomic mass is 16.2. The van der Waals surface area contributed by atoms with Gasteiger partial charge in [0, 0.05) is 6.04 Å². The molecule has 1 saturated carbocycles. The van der Waals surface area contributed by atoms with Gasteiger partial charge in [-0.2, -0.15) is 0 Å². The zero-order valence-corrected chi connectivity index (χ0v) is 15.1. The third-order valence-corrected chi connectivity index (χ3v) is 5.04. The van der Waals surface area contributed by atoms with Gasteiger partial charge in [0.1, 0.15) is 12.4 Å². The van der Waals surface area contributed by atoms with Crippen molar-refractivity contribution >= 4 is 22.8 Å². The van der Waals surface area contributed by atoms with Crippen molar-refractivity contribution in [2.45, 2.75) is 52.1 Å². The lowest BCUT2D eigenvalue weighted by Crippen LogP contribution is -2.48. The van der Waals surface area contributed by atoms with E-state index in [1.54, 1.807) is 25.1 Å². The van der Waals surface area contributed by atoms with Gasteiger partial charge in [0.05, 0.1) is 10.9 Å². The number of nitrogens with one attached hydrogen (secondary N) is 2. The Morgan fingerprint density at radius 1 is 1.23 bits per heavy atom. The number of rotatable bonds is 3. The van der Waals surface area contributed by atoms with Crippen LogP contribution < -0.4 is 16.2 Å². The maximum Gasteiger partial charge on any atom is 0.321 e. The Balaban J connectivity index is 1.67. The Morgan fingerprint density at radius 3 is 2.73 bits per heavy atom. The maximum absolute atomic E-state index is 12.6. The third kappa shape index (κ3) is 3.92. The van der Waals surface area contributed by atoms with Gasteiger partial charge in [0.25, 0.3) is 5.56 Å². The van der Waals surface area contributed by atoms with E-state index >= 15 is 0 Å². The minimum atomic E-state index is -0.534. The third-order valence-electron chi connectivity index (χ3n) is 5.04. The molecule has 0 unspecified atom stereocenters. The molecule has 2 aromatic rings. The fraction of sp³-hybridized carbons (Fsp3) is 0.474. The van der Waals surface area contributed by atoms with Gasteiger partial charge in [-0.3, -0.25) is 19.5 Å². The number of imide groups is 1. The van der Waals surface area contributed by atoms with E-state index < -0.39 is 11.9 Å². The monoisotopic (exact) mass is 356 g/mol. The van der Waals surface area contributed by atoms with Crippen molar-refractivity contribution in [2.75, 3.05) is 0 Å². The van der Waals surface area contributed by atoms with Gasteiger partial charge in [-0.1, -0.05) is 31.9 Å². The molecule has 0 bridgehead atoms. The minimum Gasteiger partial charge on any atom is -0.335 e. The van der Waals surface area contributed by atoms with Crippen LogP contribution >= 0.6 is 0 Å². The van der Waals surface area contributed by atoms with Crippen LogP contribution in [-0.2, 0) is 11.3 Å². The van der Waals surface area contributed by atoms with Crippen LogP contribution in [0.3, 0.4) is 0 Å². The molecule has 0 radical (unpaired) electrons. The molecule has 7 nitrogen and oxygen atoms in total. The highest BCUT2D eigenvalue weighted by Gasteiger charge is 2.23. The number of hydrogen-bond donors (Lipinski definition) is 2. The number of hydrogen-bond acceptors (Lipinski definition) is 4. The summed E-state index contributed by atoms with van der Waals surface area (Å²) < 4.78 is 1.29. The second-order valence-corrected chi connectivity index (χ2v) is 6.96. The Labute approximate surface area is 151 Å². The molecule has 0 spiro atoms. The summed E-state index contributed by atoms with van der Waals surface area (Å²) in [5.41, 5.74) is 0.306. The predicted molar refractivity (Wildman–Crippen MR) is 98.8 cm³/mol. The standard InChI is InChI=1S/C19H24N4O3/c1-12-7-3-5-9-15(12)21-19(26)22-17(24)11-23-13(2)20-16-10-6-4-8-14(16)18(23)25/h4,6,8,10,12,15H,3,5,7,9,11H2,1-2H3,(H2,21,22,24,26)/t12-,15-/m1/s1. The first-order chi connectivity index (χ1) is 12.5. The Morgan fingerprint density at radius 2 is 1.96 bits per heavy atom. The number of para-hydroxylation sites is 1. The fourth-order valence-corrected chi connectivity index (χ4v) is 3.51. The van der Waals surface area contributed by atoms with E-state index in [0.717, 1.165) is 19.3 Å². The highest BCUT2D eigenvalue weighted by Crippen LogP contribution is 2.23. The van der Waals surface area contributed by atoms with E-state index in [0.29, 0.717) is 22.6 Å². The second-order valence-electron chi connectivity index (χ2n) is 6.96. The van der Waals surface area contributed by atoms with Gasteiger partial charge < -0.3 is 5.32 Å². The number of benzene rings is 1. The Hall–Kier alpha value is -2.70. The number of nitrogens with zero attached hydrogens (tertiary/aromatic N) is 2. The van der Waals surface area contributed by atoms with Crippen LogP contribution in [0.4, 0.5) is 4.79 Å². The maximum atomic E-state index is 12.6. The lowest BCUT2D eigenvalue weighted by Gasteiger charge is -2.29. The molecule has 1 aromatic carbocycles. The first kappa shape index (κ1) is 18.1. The molecule has 7 heteroatoms. The molecule has 2 atom stereocenters. The quantitative estimate of drug-likeness (QED) is 0.881. The smallest absolute Gasteiger partial charge is 0.321 e. The van der Waals surface area contributed by atoms with Crippen LogP contribution in [0.1, 0.15) is 38.4 Å². The van der Waals surface area contributed by atoms with Crippen molar-refractivity contribution in [3.63, 3.8) is 0 Å². The summed E-state index contributed by atoms with van der Waals surface area (Å²) in [6.45, 7) is 3.54. The van der Waals surface area contributed by atoms with Gasteiger partial charge in [-0.15, -0.1) is 0 Å². The summed E-state index contributed by atoms with van der Waals surface area (Å²) in [6.07, 6.45) is 4.27. The highest BCUT2D eigenvalue weighted by molar-refractivity contribution is 5.94. The normalized spacial score (nSPS) is 19.9. The van der Waals surface area contributed by atoms with Gasteiger partial charge in [0.15, 0.2) is 0 Å². The van der Waals surface area contributed by atoms with Crippen LogP contribution in [0.25, 0.3) is 10.9 Å². The molecule has 3 rings (SSSR count). The number of carbonyl (C=O) groups excluding carboxylic acids is 2. The van der Waals surface area contributed by atoms with Gasteiger partial charge in [-0.05, 0) is 37.8 Å². The number of carbonyl (C=O) groups is 2. The lowest BCUT2D eigenvalue weighted by molar-refractivity contribution is -0.120. The lowest BCUT2D eigenvalue weighted by atomic mass is 9.86. The first-order valence-electron chi connectivity index (χ1n) is 9.02. The second kappa shape index (κ2) is 7.68. The van der Waals surface area contributed by atoms with Crippen molar-refractivity contribution in [2.24, 2.45) is 5.92 Å². The van der Waals surface area contributed by atoms with Crippen molar-refractivity contribution < 1.29 is 9.59 Å². The van der Waals surface area contributed by atoms with E-state index in [1.165, 1.54) is 11.0 Å². The fourth-order valence-electron chi connectivity index (χ4n) is 3.51. The zero-order chi connectivity index (χ0) is 18.7. The minimum absolute atomic E-state index is 0.0864. The number of aromatic nitrogens is 2. The molecule has 3 amide bonds. The molecular weight excluding hydrogens is 332 g/mol. The molecule has 1 aromatic heterocycles. The molecule has 1 fully saturated rings. The molecule has 1 aliphatic rings. The average Bonchev–Trinajstić information content (AvgIpc) is 2.60. The molecule has 2 N–H and O–H groups in total. The summed E-state index contributed by atoms with van der Waals surface area (Å²) in [6, 6.07) is 6.57. The SMILES string of the molecule is Cc1nc2ccccc2c(=O)n1CC(=O)NC(=O)N[C@@H]1CCCC[C@H]1C. The largest absolute Gasteiger partial charge is 0.335 e. The average molecular weight is 356 g/mol. The summed E-state index contributed by atoms with van der Waals surface area (Å²) in [4.78, 5) is 41.2. The van der Waals surface area contributed by atoms with Gasteiger partial charge in [0.2, 0.25) is 5.91 Å². The number of amides is 3. The Kier molecular flexibility index (Phi) is 5.35. The van der Waals surface area contributed by atoms with Gasteiger partial charge in [-0.25, -0.2) is 9.78 Å². The molecule has 0 aliphatic heterocycles. The molecule has 138 valence electrons. The van der Waals surface area contributed by atoms with Crippen LogP contribution in [0.15, 0.2) is 29.1 Å². The topological polar surface area (TPSA) is 93.1 Å². The van der Waals surface area contributed by atoms with Crippen molar-refractivity contribution in [1.82, 2.24) is 20.2 Å². The van der Waals surface area contributed by atoms with Crippen molar-refractivity contribution in [3.8, 4) is 0 Å². The van der Waals surface area contributed by atoms with E-state index in [2.05, 4.69) is 22.5 Å². The summed E-state index contributed by atoms with van der Waals surface area (Å²) in [5.74, 6) is 0.303. The Bertz CT molecular complexity index is 890. The summed E-state index contributed by atoms with van der Waals surface area (Å²) in [7, 11) is 0. The van der Waals surface area contributed by atoms with Crippen LogP contribution in [-0.4, -0.2) is 27.5 Å². The van der Waals surface area contributed by atoms with Crippen LogP contribution in [0.2, 0.25) is 0 Å². The first-order valence-corrected chi connectivity index (χ1v) is 9.02. The number of fused-ring (bicyclic) bond motifs is 1. The van der Waals surface area contributed by atoms with E-state index in [9.17, 15) is 14.4 Å². The molecule has 0 saturated heterocycles. The van der Waals surface area contributed by atoms with E-state index in [-0.39, 0.29) is 18.1 Å². The summed E-state index contributed by atoms with van der Waals surface area (Å²) >= 11 is 0. The number of aryl methyl sites for hydroxylation is 1. The summed E-state index contributed by atoms with van der Waals surface area (Å²) in [5, 5.41) is 5.64. The van der Waals surface area contributed by atoms with Crippen LogP contribution in [0, 0.1) is 12.8 Å².